The molecular formula is C13H16N2O4S. The second kappa shape index (κ2) is 5.98. The van der Waals surface area contributed by atoms with Gasteiger partial charge in [-0.1, -0.05) is 0 Å². The van der Waals surface area contributed by atoms with E-state index in [1.54, 1.807) is 31.2 Å². The molecule has 0 fully saturated rings. The Morgan fingerprint density at radius 3 is 2.80 bits per heavy atom. The zero-order chi connectivity index (χ0) is 14.6. The molecule has 7 heteroatoms. The standard InChI is InChI=1S/C13H16N2O4S/c1-2-18-12-6-5-10(14)8-13(12)20(16,17)15-9-11-4-3-7-19-11/h3-8,15H,2,9,14H2,1H3. The smallest absolute Gasteiger partial charge is 0.244 e. The highest BCUT2D eigenvalue weighted by molar-refractivity contribution is 7.89. The molecule has 0 aliphatic heterocycles. The van der Waals surface area contributed by atoms with Crippen molar-refractivity contribution in [2.45, 2.75) is 18.4 Å². The van der Waals surface area contributed by atoms with Crippen LogP contribution in [0.3, 0.4) is 0 Å². The highest BCUT2D eigenvalue weighted by Gasteiger charge is 2.20. The van der Waals surface area contributed by atoms with Crippen LogP contribution in [0, 0.1) is 0 Å². The van der Waals surface area contributed by atoms with Crippen LogP contribution in [0.5, 0.6) is 5.75 Å². The summed E-state index contributed by atoms with van der Waals surface area (Å²) in [4.78, 5) is 0.0194. The molecule has 6 nitrogen and oxygen atoms in total. The molecule has 20 heavy (non-hydrogen) atoms. The summed E-state index contributed by atoms with van der Waals surface area (Å²) in [7, 11) is -3.73. The molecule has 1 aromatic carbocycles. The van der Waals surface area contributed by atoms with Crippen LogP contribution in [-0.4, -0.2) is 15.0 Å². The van der Waals surface area contributed by atoms with Crippen LogP contribution < -0.4 is 15.2 Å². The number of hydrogen-bond acceptors (Lipinski definition) is 5. The third-order valence-corrected chi connectivity index (χ3v) is 4.00. The molecule has 0 saturated heterocycles. The Labute approximate surface area is 117 Å². The molecule has 1 heterocycles. The van der Waals surface area contributed by atoms with E-state index in [9.17, 15) is 8.42 Å². The van der Waals surface area contributed by atoms with E-state index < -0.39 is 10.0 Å². The summed E-state index contributed by atoms with van der Waals surface area (Å²) in [5.41, 5.74) is 6.00. The van der Waals surface area contributed by atoms with Crippen molar-refractivity contribution < 1.29 is 17.6 Å². The van der Waals surface area contributed by atoms with Gasteiger partial charge in [-0.15, -0.1) is 0 Å². The van der Waals surface area contributed by atoms with E-state index in [4.69, 9.17) is 14.9 Å². The first-order chi connectivity index (χ1) is 9.53. The van der Waals surface area contributed by atoms with Crippen molar-refractivity contribution in [3.8, 4) is 5.75 Å². The number of rotatable bonds is 6. The summed E-state index contributed by atoms with van der Waals surface area (Å²) < 4.78 is 37.4. The Morgan fingerprint density at radius 1 is 1.35 bits per heavy atom. The Morgan fingerprint density at radius 2 is 2.15 bits per heavy atom. The molecule has 0 amide bonds. The van der Waals surface area contributed by atoms with E-state index in [0.29, 0.717) is 18.1 Å². The third kappa shape index (κ3) is 3.31. The predicted molar refractivity (Wildman–Crippen MR) is 74.8 cm³/mol. The zero-order valence-corrected chi connectivity index (χ0v) is 11.8. The minimum atomic E-state index is -3.73. The van der Waals surface area contributed by atoms with Gasteiger partial charge in [0.25, 0.3) is 0 Å². The van der Waals surface area contributed by atoms with Crippen molar-refractivity contribution in [1.82, 2.24) is 4.72 Å². The first kappa shape index (κ1) is 14.4. The molecule has 0 unspecified atom stereocenters. The van der Waals surface area contributed by atoms with Gasteiger partial charge in [-0.2, -0.15) is 0 Å². The molecule has 0 radical (unpaired) electrons. The van der Waals surface area contributed by atoms with Gasteiger partial charge in [0.05, 0.1) is 19.4 Å². The Balaban J connectivity index is 2.26. The normalized spacial score (nSPS) is 11.4. The van der Waals surface area contributed by atoms with Gasteiger partial charge in [-0.3, -0.25) is 0 Å². The maximum absolute atomic E-state index is 12.3. The summed E-state index contributed by atoms with van der Waals surface area (Å²) in [6.07, 6.45) is 1.48. The van der Waals surface area contributed by atoms with Crippen molar-refractivity contribution >= 4 is 15.7 Å². The monoisotopic (exact) mass is 296 g/mol. The number of nitrogens with one attached hydrogen (secondary N) is 1. The number of sulfonamides is 1. The average molecular weight is 296 g/mol. The summed E-state index contributed by atoms with van der Waals surface area (Å²) in [5.74, 6) is 0.795. The van der Waals surface area contributed by atoms with Crippen LogP contribution in [0.2, 0.25) is 0 Å². The van der Waals surface area contributed by atoms with Gasteiger partial charge >= 0.3 is 0 Å². The van der Waals surface area contributed by atoms with Crippen LogP contribution in [-0.2, 0) is 16.6 Å². The molecule has 0 aliphatic rings. The van der Waals surface area contributed by atoms with E-state index in [0.717, 1.165) is 0 Å². The molecular weight excluding hydrogens is 280 g/mol. The van der Waals surface area contributed by atoms with E-state index >= 15 is 0 Å². The van der Waals surface area contributed by atoms with Gasteiger partial charge in [0.15, 0.2) is 0 Å². The van der Waals surface area contributed by atoms with Crippen LogP contribution >= 0.6 is 0 Å². The molecule has 1 aromatic heterocycles. The number of nitrogens with two attached hydrogens (primary N) is 1. The zero-order valence-electron chi connectivity index (χ0n) is 11.0. The Bertz CT molecular complexity index is 666. The number of hydrogen-bond donors (Lipinski definition) is 2. The lowest BCUT2D eigenvalue weighted by Crippen LogP contribution is -2.23. The molecule has 0 spiro atoms. The molecule has 2 aromatic rings. The maximum atomic E-state index is 12.3. The second-order valence-electron chi connectivity index (χ2n) is 4.04. The van der Waals surface area contributed by atoms with Gasteiger partial charge in [0.2, 0.25) is 10.0 Å². The fourth-order valence-electron chi connectivity index (χ4n) is 1.67. The molecule has 2 rings (SSSR count). The minimum absolute atomic E-state index is 0.0194. The van der Waals surface area contributed by atoms with E-state index in [-0.39, 0.29) is 17.2 Å². The van der Waals surface area contributed by atoms with Gasteiger partial charge < -0.3 is 14.9 Å². The van der Waals surface area contributed by atoms with Gasteiger partial charge in [0.1, 0.15) is 16.4 Å². The van der Waals surface area contributed by atoms with Crippen molar-refractivity contribution in [3.05, 3.63) is 42.4 Å². The first-order valence-corrected chi connectivity index (χ1v) is 7.55. The second-order valence-corrected chi connectivity index (χ2v) is 5.78. The highest BCUT2D eigenvalue weighted by Crippen LogP contribution is 2.26. The van der Waals surface area contributed by atoms with Crippen LogP contribution in [0.15, 0.2) is 45.9 Å². The molecule has 0 atom stereocenters. The van der Waals surface area contributed by atoms with Gasteiger partial charge in [0, 0.05) is 5.69 Å². The van der Waals surface area contributed by atoms with Crippen LogP contribution in [0.4, 0.5) is 5.69 Å². The minimum Gasteiger partial charge on any atom is -0.492 e. The number of benzene rings is 1. The number of anilines is 1. The van der Waals surface area contributed by atoms with Gasteiger partial charge in [-0.05, 0) is 37.3 Å². The van der Waals surface area contributed by atoms with Gasteiger partial charge in [-0.25, -0.2) is 13.1 Å². The number of furan rings is 1. The maximum Gasteiger partial charge on any atom is 0.244 e. The average Bonchev–Trinajstić information content (AvgIpc) is 2.92. The SMILES string of the molecule is CCOc1ccc(N)cc1S(=O)(=O)NCc1ccco1. The lowest BCUT2D eigenvalue weighted by Gasteiger charge is -2.12. The summed E-state index contributed by atoms with van der Waals surface area (Å²) in [5, 5.41) is 0. The van der Waals surface area contributed by atoms with Crippen molar-refractivity contribution in [2.75, 3.05) is 12.3 Å². The largest absolute Gasteiger partial charge is 0.492 e. The number of nitrogen functional groups attached to an aromatic ring is 1. The quantitative estimate of drug-likeness (QED) is 0.792. The highest BCUT2D eigenvalue weighted by atomic mass is 32.2. The summed E-state index contributed by atoms with van der Waals surface area (Å²) in [6.45, 7) is 2.21. The molecule has 0 aliphatic carbocycles. The fraction of sp³-hybridized carbons (Fsp3) is 0.231. The fourth-order valence-corrected chi connectivity index (χ4v) is 2.84. The third-order valence-electron chi connectivity index (χ3n) is 2.57. The summed E-state index contributed by atoms with van der Waals surface area (Å²) in [6, 6.07) is 7.88. The Hall–Kier alpha value is -1.99. The molecule has 0 saturated carbocycles. The topological polar surface area (TPSA) is 94.6 Å². The van der Waals surface area contributed by atoms with E-state index in [2.05, 4.69) is 4.72 Å². The predicted octanol–water partition coefficient (Wildman–Crippen LogP) is 1.74. The lowest BCUT2D eigenvalue weighted by molar-refractivity contribution is 0.331. The van der Waals surface area contributed by atoms with Crippen LogP contribution in [0.1, 0.15) is 12.7 Å². The number of ether oxygens (including phenoxy) is 1. The van der Waals surface area contributed by atoms with E-state index in [1.165, 1.54) is 12.3 Å². The lowest BCUT2D eigenvalue weighted by atomic mass is 10.3. The molecule has 0 bridgehead atoms. The summed E-state index contributed by atoms with van der Waals surface area (Å²) >= 11 is 0. The van der Waals surface area contributed by atoms with E-state index in [1.807, 2.05) is 0 Å². The van der Waals surface area contributed by atoms with Crippen molar-refractivity contribution in [3.63, 3.8) is 0 Å². The van der Waals surface area contributed by atoms with Crippen LogP contribution in [0.25, 0.3) is 0 Å². The molecule has 3 N–H and O–H groups in total. The van der Waals surface area contributed by atoms with Crippen molar-refractivity contribution in [1.29, 1.82) is 0 Å². The first-order valence-electron chi connectivity index (χ1n) is 6.07. The molecule has 108 valence electrons. The Kier molecular flexibility index (Phi) is 4.31. The van der Waals surface area contributed by atoms with Crippen molar-refractivity contribution in [2.24, 2.45) is 0 Å².